The summed E-state index contributed by atoms with van der Waals surface area (Å²) in [6, 6.07) is 0.579. The minimum absolute atomic E-state index is 0.0236. The fourth-order valence-electron chi connectivity index (χ4n) is 3.57. The zero-order chi connectivity index (χ0) is 15.0. The summed E-state index contributed by atoms with van der Waals surface area (Å²) in [5.74, 6) is -1.19. The van der Waals surface area contributed by atoms with Crippen molar-refractivity contribution in [1.82, 2.24) is 14.7 Å². The van der Waals surface area contributed by atoms with E-state index in [-0.39, 0.29) is 12.1 Å². The SMILES string of the molecule is CC1C(C(=O)O)CN1C(=O)N1CCCN(C2CCC2)CC1. The molecule has 0 bridgehead atoms. The molecule has 3 fully saturated rings. The van der Waals surface area contributed by atoms with Crippen molar-refractivity contribution in [2.75, 3.05) is 32.7 Å². The van der Waals surface area contributed by atoms with Crippen molar-refractivity contribution in [2.45, 2.75) is 44.7 Å². The van der Waals surface area contributed by atoms with Crippen molar-refractivity contribution in [3.05, 3.63) is 0 Å². The van der Waals surface area contributed by atoms with Gasteiger partial charge in [-0.3, -0.25) is 9.69 Å². The number of hydrogen-bond donors (Lipinski definition) is 1. The molecule has 2 saturated heterocycles. The van der Waals surface area contributed by atoms with Crippen LogP contribution in [0.15, 0.2) is 0 Å². The maximum absolute atomic E-state index is 12.5. The molecule has 6 nitrogen and oxygen atoms in total. The summed E-state index contributed by atoms with van der Waals surface area (Å²) in [6.45, 7) is 5.80. The first-order valence-electron chi connectivity index (χ1n) is 8.10. The molecule has 0 radical (unpaired) electrons. The first-order chi connectivity index (χ1) is 10.1. The molecular formula is C15H25N3O3. The van der Waals surface area contributed by atoms with Gasteiger partial charge in [-0.1, -0.05) is 6.42 Å². The summed E-state index contributed by atoms with van der Waals surface area (Å²) in [6.07, 6.45) is 4.97. The lowest BCUT2D eigenvalue weighted by Crippen LogP contribution is -2.63. The molecule has 2 heterocycles. The molecule has 21 heavy (non-hydrogen) atoms. The summed E-state index contributed by atoms with van der Waals surface area (Å²) >= 11 is 0. The number of likely N-dealkylation sites (tertiary alicyclic amines) is 1. The Hall–Kier alpha value is -1.30. The highest BCUT2D eigenvalue weighted by atomic mass is 16.4. The molecule has 6 heteroatoms. The van der Waals surface area contributed by atoms with Gasteiger partial charge in [0.2, 0.25) is 0 Å². The number of aliphatic carboxylic acids is 1. The van der Waals surface area contributed by atoms with Gasteiger partial charge < -0.3 is 14.9 Å². The average molecular weight is 295 g/mol. The van der Waals surface area contributed by atoms with Gasteiger partial charge in [-0.05, 0) is 26.2 Å². The Morgan fingerprint density at radius 2 is 1.81 bits per heavy atom. The maximum atomic E-state index is 12.5. The number of urea groups is 1. The highest BCUT2D eigenvalue weighted by Crippen LogP contribution is 2.28. The molecule has 3 rings (SSSR count). The normalized spacial score (nSPS) is 31.3. The number of carbonyl (C=O) groups excluding carboxylic acids is 1. The Kier molecular flexibility index (Phi) is 4.06. The van der Waals surface area contributed by atoms with Gasteiger partial charge >= 0.3 is 12.0 Å². The van der Waals surface area contributed by atoms with Crippen molar-refractivity contribution in [2.24, 2.45) is 5.92 Å². The van der Waals surface area contributed by atoms with Crippen LogP contribution in [0.5, 0.6) is 0 Å². The maximum Gasteiger partial charge on any atom is 0.320 e. The number of carboxylic acid groups (broad SMARTS) is 1. The van der Waals surface area contributed by atoms with Crippen molar-refractivity contribution >= 4 is 12.0 Å². The third-order valence-corrected chi connectivity index (χ3v) is 5.42. The van der Waals surface area contributed by atoms with E-state index in [2.05, 4.69) is 4.90 Å². The Labute approximate surface area is 125 Å². The number of nitrogens with zero attached hydrogens (tertiary/aromatic N) is 3. The Morgan fingerprint density at radius 1 is 1.05 bits per heavy atom. The second-order valence-electron chi connectivity index (χ2n) is 6.58. The van der Waals surface area contributed by atoms with E-state index in [1.165, 1.54) is 19.3 Å². The molecule has 2 unspecified atom stereocenters. The van der Waals surface area contributed by atoms with Crippen molar-refractivity contribution in [3.63, 3.8) is 0 Å². The van der Waals surface area contributed by atoms with Crippen LogP contribution in [-0.2, 0) is 4.79 Å². The summed E-state index contributed by atoms with van der Waals surface area (Å²) in [5.41, 5.74) is 0. The largest absolute Gasteiger partial charge is 0.481 e. The van der Waals surface area contributed by atoms with Crippen LogP contribution in [0, 0.1) is 5.92 Å². The van der Waals surface area contributed by atoms with Crippen molar-refractivity contribution < 1.29 is 14.7 Å². The molecule has 2 aliphatic heterocycles. The monoisotopic (exact) mass is 295 g/mol. The minimum Gasteiger partial charge on any atom is -0.481 e. The number of carboxylic acids is 1. The Bertz CT molecular complexity index is 424. The van der Waals surface area contributed by atoms with Gasteiger partial charge in [0, 0.05) is 44.8 Å². The highest BCUT2D eigenvalue weighted by Gasteiger charge is 2.44. The fraction of sp³-hybridized carbons (Fsp3) is 0.867. The number of rotatable bonds is 2. The van der Waals surface area contributed by atoms with Gasteiger partial charge in [-0.15, -0.1) is 0 Å². The summed E-state index contributed by atoms with van der Waals surface area (Å²) in [5, 5.41) is 9.03. The van der Waals surface area contributed by atoms with Gasteiger partial charge in [-0.2, -0.15) is 0 Å². The molecule has 2 atom stereocenters. The molecule has 1 N–H and O–H groups in total. The predicted molar refractivity (Wildman–Crippen MR) is 78.1 cm³/mol. The molecule has 118 valence electrons. The van der Waals surface area contributed by atoms with Gasteiger partial charge in [0.1, 0.15) is 0 Å². The van der Waals surface area contributed by atoms with E-state index in [9.17, 15) is 9.59 Å². The van der Waals surface area contributed by atoms with E-state index in [0.29, 0.717) is 6.54 Å². The van der Waals surface area contributed by atoms with Gasteiger partial charge in [-0.25, -0.2) is 4.79 Å². The number of hydrogen-bond acceptors (Lipinski definition) is 3. The van der Waals surface area contributed by atoms with E-state index in [1.807, 2.05) is 11.8 Å². The molecule has 3 aliphatic rings. The lowest BCUT2D eigenvalue weighted by atomic mass is 9.90. The zero-order valence-corrected chi connectivity index (χ0v) is 12.7. The van der Waals surface area contributed by atoms with Crippen LogP contribution in [0.4, 0.5) is 4.79 Å². The van der Waals surface area contributed by atoms with Gasteiger partial charge in [0.25, 0.3) is 0 Å². The quantitative estimate of drug-likeness (QED) is 0.828. The first-order valence-corrected chi connectivity index (χ1v) is 8.10. The third kappa shape index (κ3) is 2.73. The van der Waals surface area contributed by atoms with Crippen LogP contribution in [0.2, 0.25) is 0 Å². The lowest BCUT2D eigenvalue weighted by Gasteiger charge is -2.46. The summed E-state index contributed by atoms with van der Waals surface area (Å²) in [7, 11) is 0. The van der Waals surface area contributed by atoms with E-state index < -0.39 is 11.9 Å². The fourth-order valence-corrected chi connectivity index (χ4v) is 3.57. The molecule has 0 spiro atoms. The Morgan fingerprint density at radius 3 is 2.38 bits per heavy atom. The van der Waals surface area contributed by atoms with E-state index in [0.717, 1.165) is 38.6 Å². The summed E-state index contributed by atoms with van der Waals surface area (Å²) < 4.78 is 0. The van der Waals surface area contributed by atoms with E-state index in [4.69, 9.17) is 5.11 Å². The van der Waals surface area contributed by atoms with Crippen LogP contribution in [0.1, 0.15) is 32.6 Å². The molecule has 1 saturated carbocycles. The van der Waals surface area contributed by atoms with E-state index in [1.54, 1.807) is 4.90 Å². The van der Waals surface area contributed by atoms with Crippen LogP contribution in [-0.4, -0.2) is 76.6 Å². The van der Waals surface area contributed by atoms with Gasteiger partial charge in [0.05, 0.1) is 5.92 Å². The standard InChI is InChI=1S/C15H25N3O3/c1-11-13(14(19)20)10-18(11)15(21)17-7-3-6-16(8-9-17)12-4-2-5-12/h11-13H,2-10H2,1H3,(H,19,20). The van der Waals surface area contributed by atoms with Crippen molar-refractivity contribution in [3.8, 4) is 0 Å². The minimum atomic E-state index is -0.793. The van der Waals surface area contributed by atoms with Crippen LogP contribution in [0.3, 0.4) is 0 Å². The molecule has 2 amide bonds. The first kappa shape index (κ1) is 14.6. The molecule has 0 aromatic carbocycles. The number of amides is 2. The smallest absolute Gasteiger partial charge is 0.320 e. The molecule has 0 aromatic heterocycles. The second kappa shape index (κ2) is 5.83. The van der Waals surface area contributed by atoms with Crippen molar-refractivity contribution in [1.29, 1.82) is 0 Å². The summed E-state index contributed by atoms with van der Waals surface area (Å²) in [4.78, 5) is 29.6. The highest BCUT2D eigenvalue weighted by molar-refractivity contribution is 5.80. The molecular weight excluding hydrogens is 270 g/mol. The topological polar surface area (TPSA) is 64.1 Å². The van der Waals surface area contributed by atoms with Crippen LogP contribution >= 0.6 is 0 Å². The third-order valence-electron chi connectivity index (χ3n) is 5.42. The molecule has 0 aromatic rings. The molecule has 1 aliphatic carbocycles. The average Bonchev–Trinajstić information content (AvgIpc) is 2.60. The lowest BCUT2D eigenvalue weighted by molar-refractivity contribution is -0.149. The zero-order valence-electron chi connectivity index (χ0n) is 12.7. The van der Waals surface area contributed by atoms with Crippen LogP contribution < -0.4 is 0 Å². The van der Waals surface area contributed by atoms with Crippen LogP contribution in [0.25, 0.3) is 0 Å². The predicted octanol–water partition coefficient (Wildman–Crippen LogP) is 1.07. The van der Waals surface area contributed by atoms with E-state index >= 15 is 0 Å². The number of carbonyl (C=O) groups is 2. The Balaban J connectivity index is 1.52. The second-order valence-corrected chi connectivity index (χ2v) is 6.58. The van der Waals surface area contributed by atoms with Gasteiger partial charge in [0.15, 0.2) is 0 Å².